The first-order valence-electron chi connectivity index (χ1n) is 9.72. The van der Waals surface area contributed by atoms with Crippen molar-refractivity contribution in [2.45, 2.75) is 26.2 Å². The number of hydrogen-bond donors (Lipinski definition) is 2. The summed E-state index contributed by atoms with van der Waals surface area (Å²) in [6.07, 6.45) is 2.86. The summed E-state index contributed by atoms with van der Waals surface area (Å²) in [7, 11) is 0. The van der Waals surface area contributed by atoms with E-state index in [4.69, 9.17) is 0 Å². The van der Waals surface area contributed by atoms with E-state index in [-0.39, 0.29) is 17.2 Å². The molecule has 0 spiro atoms. The van der Waals surface area contributed by atoms with Crippen LogP contribution in [0.4, 0.5) is 17.1 Å². The van der Waals surface area contributed by atoms with E-state index < -0.39 is 10.8 Å². The molecule has 0 bridgehead atoms. The first-order valence-corrected chi connectivity index (χ1v) is 9.72. The third kappa shape index (κ3) is 4.90. The predicted octanol–water partition coefficient (Wildman–Crippen LogP) is 3.59. The van der Waals surface area contributed by atoms with Crippen LogP contribution in [0.15, 0.2) is 42.5 Å². The minimum absolute atomic E-state index is 0.0671. The molecule has 0 aromatic heterocycles. The number of nitro groups is 1. The van der Waals surface area contributed by atoms with Gasteiger partial charge in [-0.1, -0.05) is 6.92 Å². The molecular weight excluding hydrogens is 372 g/mol. The smallest absolute Gasteiger partial charge is 0.293 e. The summed E-state index contributed by atoms with van der Waals surface area (Å²) < 4.78 is 0. The molecule has 1 saturated heterocycles. The Kier molecular flexibility index (Phi) is 6.43. The lowest BCUT2D eigenvalue weighted by molar-refractivity contribution is -0.384. The van der Waals surface area contributed by atoms with Gasteiger partial charge in [-0.3, -0.25) is 19.7 Å². The maximum absolute atomic E-state index is 12.6. The molecule has 152 valence electrons. The van der Waals surface area contributed by atoms with E-state index in [2.05, 4.69) is 10.6 Å². The second kappa shape index (κ2) is 9.18. The van der Waals surface area contributed by atoms with Crippen molar-refractivity contribution in [1.82, 2.24) is 5.32 Å². The van der Waals surface area contributed by atoms with Crippen molar-refractivity contribution in [3.05, 3.63) is 63.7 Å². The third-order valence-corrected chi connectivity index (χ3v) is 4.82. The van der Waals surface area contributed by atoms with Crippen LogP contribution in [0, 0.1) is 10.1 Å². The number of nitro benzene ring substituents is 1. The minimum Gasteiger partial charge on any atom is -0.366 e. The van der Waals surface area contributed by atoms with Crippen LogP contribution in [0.2, 0.25) is 0 Å². The van der Waals surface area contributed by atoms with Crippen molar-refractivity contribution in [2.75, 3.05) is 29.9 Å². The summed E-state index contributed by atoms with van der Waals surface area (Å²) in [6.45, 7) is 4.14. The number of amides is 2. The molecule has 1 aliphatic heterocycles. The quantitative estimate of drug-likeness (QED) is 0.550. The second-order valence-electron chi connectivity index (χ2n) is 6.94. The van der Waals surface area contributed by atoms with Crippen LogP contribution in [0.25, 0.3) is 0 Å². The van der Waals surface area contributed by atoms with Crippen LogP contribution in [0.3, 0.4) is 0 Å². The highest BCUT2D eigenvalue weighted by Gasteiger charge is 2.24. The van der Waals surface area contributed by atoms with E-state index in [1.54, 1.807) is 36.4 Å². The molecule has 2 amide bonds. The average molecular weight is 396 g/mol. The number of anilines is 2. The predicted molar refractivity (Wildman–Crippen MR) is 112 cm³/mol. The molecule has 3 rings (SSSR count). The lowest BCUT2D eigenvalue weighted by Gasteiger charge is -2.17. The zero-order chi connectivity index (χ0) is 20.8. The zero-order valence-electron chi connectivity index (χ0n) is 16.3. The van der Waals surface area contributed by atoms with Gasteiger partial charge in [0.2, 0.25) is 0 Å². The molecule has 0 unspecified atom stereocenters. The molecule has 0 aliphatic carbocycles. The summed E-state index contributed by atoms with van der Waals surface area (Å²) in [6, 6.07) is 11.1. The van der Waals surface area contributed by atoms with E-state index in [9.17, 15) is 19.7 Å². The van der Waals surface area contributed by atoms with Crippen molar-refractivity contribution >= 4 is 28.9 Å². The number of hydrogen-bond acceptors (Lipinski definition) is 5. The van der Waals surface area contributed by atoms with E-state index >= 15 is 0 Å². The molecule has 0 atom stereocenters. The van der Waals surface area contributed by atoms with Crippen LogP contribution in [0.1, 0.15) is 46.9 Å². The highest BCUT2D eigenvalue weighted by molar-refractivity contribution is 6.05. The molecule has 8 nitrogen and oxygen atoms in total. The fourth-order valence-electron chi connectivity index (χ4n) is 3.29. The molecule has 29 heavy (non-hydrogen) atoms. The summed E-state index contributed by atoms with van der Waals surface area (Å²) in [5.74, 6) is -0.609. The lowest BCUT2D eigenvalue weighted by atomic mass is 10.1. The highest BCUT2D eigenvalue weighted by Crippen LogP contribution is 2.31. The van der Waals surface area contributed by atoms with Crippen molar-refractivity contribution in [3.63, 3.8) is 0 Å². The van der Waals surface area contributed by atoms with E-state index in [0.29, 0.717) is 23.5 Å². The van der Waals surface area contributed by atoms with E-state index in [1.165, 1.54) is 6.07 Å². The van der Waals surface area contributed by atoms with Crippen molar-refractivity contribution in [3.8, 4) is 0 Å². The molecule has 0 saturated carbocycles. The van der Waals surface area contributed by atoms with Crippen LogP contribution in [-0.4, -0.2) is 36.4 Å². The van der Waals surface area contributed by atoms with Crippen LogP contribution in [-0.2, 0) is 0 Å². The first-order chi connectivity index (χ1) is 14.0. The number of carbonyl (C=O) groups excluding carboxylic acids is 2. The van der Waals surface area contributed by atoms with Gasteiger partial charge in [-0.05, 0) is 55.7 Å². The van der Waals surface area contributed by atoms with Gasteiger partial charge in [0.25, 0.3) is 17.5 Å². The zero-order valence-corrected chi connectivity index (χ0v) is 16.3. The summed E-state index contributed by atoms with van der Waals surface area (Å²) in [5.41, 5.74) is 1.70. The van der Waals surface area contributed by atoms with Gasteiger partial charge >= 0.3 is 0 Å². The molecule has 1 heterocycles. The Morgan fingerprint density at radius 3 is 2.31 bits per heavy atom. The van der Waals surface area contributed by atoms with Crippen LogP contribution in [0.5, 0.6) is 0 Å². The van der Waals surface area contributed by atoms with Gasteiger partial charge in [0.1, 0.15) is 5.69 Å². The Hall–Kier alpha value is -3.42. The summed E-state index contributed by atoms with van der Waals surface area (Å²) in [5, 5.41) is 17.0. The molecule has 1 fully saturated rings. The number of nitrogens with one attached hydrogen (secondary N) is 2. The topological polar surface area (TPSA) is 105 Å². The maximum Gasteiger partial charge on any atom is 0.293 e. The maximum atomic E-state index is 12.6. The lowest BCUT2D eigenvalue weighted by Crippen LogP contribution is -2.23. The summed E-state index contributed by atoms with van der Waals surface area (Å²) in [4.78, 5) is 37.5. The van der Waals surface area contributed by atoms with Crippen molar-refractivity contribution in [1.29, 1.82) is 0 Å². The molecule has 2 aromatic rings. The monoisotopic (exact) mass is 396 g/mol. The van der Waals surface area contributed by atoms with Gasteiger partial charge < -0.3 is 15.5 Å². The standard InChI is InChI=1S/C21H24N4O4/c1-2-11-22-20(26)15-5-8-17(9-6-15)23-21(27)16-7-10-18(19(14-16)25(28)29)24-12-3-4-13-24/h5-10,14H,2-4,11-13H2,1H3,(H,22,26)(H,23,27). The number of nitrogens with zero attached hydrogens (tertiary/aromatic N) is 2. The van der Waals surface area contributed by atoms with Gasteiger partial charge in [0.15, 0.2) is 0 Å². The van der Waals surface area contributed by atoms with Gasteiger partial charge in [-0.25, -0.2) is 0 Å². The van der Waals surface area contributed by atoms with E-state index in [0.717, 1.165) is 32.4 Å². The Bertz CT molecular complexity index is 905. The highest BCUT2D eigenvalue weighted by atomic mass is 16.6. The Morgan fingerprint density at radius 1 is 1.03 bits per heavy atom. The fraction of sp³-hybridized carbons (Fsp3) is 0.333. The molecule has 0 radical (unpaired) electrons. The third-order valence-electron chi connectivity index (χ3n) is 4.82. The molecule has 2 aromatic carbocycles. The first kappa shape index (κ1) is 20.3. The van der Waals surface area contributed by atoms with Crippen LogP contribution >= 0.6 is 0 Å². The van der Waals surface area contributed by atoms with E-state index in [1.807, 2.05) is 11.8 Å². The fourth-order valence-corrected chi connectivity index (χ4v) is 3.29. The molecular formula is C21H24N4O4. The largest absolute Gasteiger partial charge is 0.366 e. The second-order valence-corrected chi connectivity index (χ2v) is 6.94. The normalized spacial score (nSPS) is 13.2. The van der Waals surface area contributed by atoms with Gasteiger partial charge in [0.05, 0.1) is 4.92 Å². The van der Waals surface area contributed by atoms with Crippen molar-refractivity contribution < 1.29 is 14.5 Å². The SMILES string of the molecule is CCCNC(=O)c1ccc(NC(=O)c2ccc(N3CCCC3)c([N+](=O)[O-])c2)cc1. The number of benzene rings is 2. The number of carbonyl (C=O) groups is 2. The molecule has 8 heteroatoms. The molecule has 2 N–H and O–H groups in total. The van der Waals surface area contributed by atoms with Gasteiger partial charge in [0, 0.05) is 42.5 Å². The van der Waals surface area contributed by atoms with Gasteiger partial charge in [-0.2, -0.15) is 0 Å². The van der Waals surface area contributed by atoms with Crippen molar-refractivity contribution in [2.24, 2.45) is 0 Å². The Labute approximate surface area is 169 Å². The average Bonchev–Trinajstić information content (AvgIpc) is 3.26. The van der Waals surface area contributed by atoms with Crippen LogP contribution < -0.4 is 15.5 Å². The van der Waals surface area contributed by atoms with Gasteiger partial charge in [-0.15, -0.1) is 0 Å². The Balaban J connectivity index is 1.72. The minimum atomic E-state index is -0.450. The molecule has 1 aliphatic rings. The Morgan fingerprint density at radius 2 is 1.69 bits per heavy atom. The number of rotatable bonds is 7. The summed E-state index contributed by atoms with van der Waals surface area (Å²) >= 11 is 0.